The predicted octanol–water partition coefficient (Wildman–Crippen LogP) is 2.66. The monoisotopic (exact) mass is 357 g/mol. The molecular formula is C20H27N3O3. The van der Waals surface area contributed by atoms with Gasteiger partial charge in [-0.1, -0.05) is 19.3 Å². The second-order valence-electron chi connectivity index (χ2n) is 7.79. The number of urea groups is 1. The molecule has 140 valence electrons. The lowest BCUT2D eigenvalue weighted by atomic mass is 9.81. The van der Waals surface area contributed by atoms with E-state index in [4.69, 9.17) is 4.74 Å². The average molecular weight is 357 g/mol. The van der Waals surface area contributed by atoms with Crippen LogP contribution in [0.25, 0.3) is 0 Å². The molecular weight excluding hydrogens is 330 g/mol. The highest BCUT2D eigenvalue weighted by atomic mass is 16.5. The smallest absolute Gasteiger partial charge is 0.317 e. The number of hydrogen-bond acceptors (Lipinski definition) is 3. The standard InChI is InChI=1S/C20H27N3O3/c1-22-17-9-8-15(26-2)12-16(17)20(18(22)24)10-11-23(13-20)19(25)21-14-6-4-3-5-7-14/h8-9,12,14H,3-7,10-11,13H2,1-2H3,(H,21,25)/t20-/m1/s1. The number of amides is 3. The molecule has 6 heteroatoms. The number of carbonyl (C=O) groups excluding carboxylic acids is 2. The Bertz CT molecular complexity index is 729. The molecule has 1 aromatic carbocycles. The molecule has 0 unspecified atom stereocenters. The Balaban J connectivity index is 1.55. The third-order valence-electron chi connectivity index (χ3n) is 6.28. The van der Waals surface area contributed by atoms with Crippen LogP contribution in [0.2, 0.25) is 0 Å². The number of benzene rings is 1. The van der Waals surface area contributed by atoms with Crippen LogP contribution in [0.15, 0.2) is 18.2 Å². The lowest BCUT2D eigenvalue weighted by molar-refractivity contribution is -0.122. The molecule has 1 saturated heterocycles. The number of nitrogens with zero attached hydrogens (tertiary/aromatic N) is 2. The van der Waals surface area contributed by atoms with Gasteiger partial charge in [-0.25, -0.2) is 4.79 Å². The molecule has 2 heterocycles. The van der Waals surface area contributed by atoms with Crippen molar-refractivity contribution in [1.82, 2.24) is 10.2 Å². The van der Waals surface area contributed by atoms with Crippen LogP contribution in [0.3, 0.4) is 0 Å². The van der Waals surface area contributed by atoms with Crippen LogP contribution in [0.5, 0.6) is 5.75 Å². The summed E-state index contributed by atoms with van der Waals surface area (Å²) in [4.78, 5) is 29.3. The number of likely N-dealkylation sites (tertiary alicyclic amines) is 1. The fourth-order valence-corrected chi connectivity index (χ4v) is 4.75. The highest BCUT2D eigenvalue weighted by Gasteiger charge is 2.54. The van der Waals surface area contributed by atoms with Crippen molar-refractivity contribution in [2.24, 2.45) is 0 Å². The maximum absolute atomic E-state index is 13.1. The Morgan fingerprint density at radius 1 is 1.27 bits per heavy atom. The molecule has 1 spiro atoms. The Hall–Kier alpha value is -2.24. The fraction of sp³-hybridized carbons (Fsp3) is 0.600. The zero-order valence-electron chi connectivity index (χ0n) is 15.6. The molecule has 6 nitrogen and oxygen atoms in total. The van der Waals surface area contributed by atoms with Crippen molar-refractivity contribution >= 4 is 17.6 Å². The Morgan fingerprint density at radius 2 is 2.04 bits per heavy atom. The van der Waals surface area contributed by atoms with E-state index in [1.165, 1.54) is 19.3 Å². The van der Waals surface area contributed by atoms with Crippen molar-refractivity contribution in [3.05, 3.63) is 23.8 Å². The molecule has 0 aromatic heterocycles. The minimum absolute atomic E-state index is 0.0272. The van der Waals surface area contributed by atoms with E-state index in [0.29, 0.717) is 19.5 Å². The van der Waals surface area contributed by atoms with Crippen molar-refractivity contribution < 1.29 is 14.3 Å². The maximum atomic E-state index is 13.1. The first-order valence-corrected chi connectivity index (χ1v) is 9.57. The molecule has 1 N–H and O–H groups in total. The predicted molar refractivity (Wildman–Crippen MR) is 99.7 cm³/mol. The third-order valence-corrected chi connectivity index (χ3v) is 6.28. The van der Waals surface area contributed by atoms with Crippen molar-refractivity contribution in [2.75, 3.05) is 32.1 Å². The molecule has 26 heavy (non-hydrogen) atoms. The van der Waals surface area contributed by atoms with Crippen LogP contribution in [0.4, 0.5) is 10.5 Å². The summed E-state index contributed by atoms with van der Waals surface area (Å²) < 4.78 is 5.36. The highest BCUT2D eigenvalue weighted by Crippen LogP contribution is 2.47. The van der Waals surface area contributed by atoms with Crippen LogP contribution in [0, 0.1) is 0 Å². The SMILES string of the molecule is COc1ccc2c(c1)[C@]1(CCN(C(=O)NC3CCCCC3)C1)C(=O)N2C. The lowest BCUT2D eigenvalue weighted by Crippen LogP contribution is -2.47. The van der Waals surface area contributed by atoms with Crippen LogP contribution in [0.1, 0.15) is 44.1 Å². The Labute approximate surface area is 154 Å². The van der Waals surface area contributed by atoms with E-state index in [-0.39, 0.29) is 18.0 Å². The summed E-state index contributed by atoms with van der Waals surface area (Å²) >= 11 is 0. The first kappa shape index (κ1) is 17.2. The van der Waals surface area contributed by atoms with Crippen molar-refractivity contribution in [3.63, 3.8) is 0 Å². The number of ether oxygens (including phenoxy) is 1. The summed E-state index contributed by atoms with van der Waals surface area (Å²) in [5.74, 6) is 0.824. The number of nitrogens with one attached hydrogen (secondary N) is 1. The van der Waals surface area contributed by atoms with E-state index in [1.54, 1.807) is 12.0 Å². The average Bonchev–Trinajstić information content (AvgIpc) is 3.20. The number of anilines is 1. The molecule has 1 aliphatic carbocycles. The van der Waals surface area contributed by atoms with Gasteiger partial charge in [0.1, 0.15) is 5.75 Å². The molecule has 0 bridgehead atoms. The molecule has 2 aliphatic heterocycles. The summed E-state index contributed by atoms with van der Waals surface area (Å²) in [5.41, 5.74) is 1.27. The Morgan fingerprint density at radius 3 is 2.77 bits per heavy atom. The molecule has 1 aromatic rings. The van der Waals surface area contributed by atoms with Gasteiger partial charge in [-0.2, -0.15) is 0 Å². The number of methoxy groups -OCH3 is 1. The topological polar surface area (TPSA) is 61.9 Å². The summed E-state index contributed by atoms with van der Waals surface area (Å²) in [6, 6.07) is 6.03. The Kier molecular flexibility index (Phi) is 4.29. The fourth-order valence-electron chi connectivity index (χ4n) is 4.75. The van der Waals surface area contributed by atoms with E-state index < -0.39 is 5.41 Å². The van der Waals surface area contributed by atoms with Crippen molar-refractivity contribution in [3.8, 4) is 5.75 Å². The summed E-state index contributed by atoms with van der Waals surface area (Å²) in [6.45, 7) is 1.05. The van der Waals surface area contributed by atoms with E-state index >= 15 is 0 Å². The first-order valence-electron chi connectivity index (χ1n) is 9.57. The second kappa shape index (κ2) is 6.49. The zero-order valence-corrected chi connectivity index (χ0v) is 15.6. The van der Waals surface area contributed by atoms with Gasteiger partial charge in [0, 0.05) is 31.9 Å². The largest absolute Gasteiger partial charge is 0.497 e. The first-order chi connectivity index (χ1) is 12.5. The van der Waals surface area contributed by atoms with Gasteiger partial charge in [-0.3, -0.25) is 4.79 Å². The van der Waals surface area contributed by atoms with Gasteiger partial charge in [0.05, 0.1) is 12.5 Å². The van der Waals surface area contributed by atoms with Crippen molar-refractivity contribution in [1.29, 1.82) is 0 Å². The quantitative estimate of drug-likeness (QED) is 0.885. The van der Waals surface area contributed by atoms with Crippen LogP contribution in [-0.4, -0.2) is 50.1 Å². The molecule has 1 saturated carbocycles. The van der Waals surface area contributed by atoms with Crippen LogP contribution >= 0.6 is 0 Å². The molecule has 0 radical (unpaired) electrons. The third kappa shape index (κ3) is 2.63. The minimum Gasteiger partial charge on any atom is -0.497 e. The van der Waals surface area contributed by atoms with Crippen LogP contribution in [-0.2, 0) is 10.2 Å². The summed E-state index contributed by atoms with van der Waals surface area (Å²) in [6.07, 6.45) is 6.42. The molecule has 3 amide bonds. The minimum atomic E-state index is -0.636. The molecule has 3 aliphatic rings. The summed E-state index contributed by atoms with van der Waals surface area (Å²) in [5, 5.41) is 3.18. The van der Waals surface area contributed by atoms with Gasteiger partial charge in [0.2, 0.25) is 5.91 Å². The van der Waals surface area contributed by atoms with Gasteiger partial charge in [0.15, 0.2) is 0 Å². The number of carbonyl (C=O) groups is 2. The van der Waals surface area contributed by atoms with Gasteiger partial charge >= 0.3 is 6.03 Å². The maximum Gasteiger partial charge on any atom is 0.317 e. The zero-order chi connectivity index (χ0) is 18.3. The van der Waals surface area contributed by atoms with E-state index in [1.807, 2.05) is 30.1 Å². The number of hydrogen-bond donors (Lipinski definition) is 1. The number of fused-ring (bicyclic) bond motifs is 2. The highest BCUT2D eigenvalue weighted by molar-refractivity contribution is 6.08. The van der Waals surface area contributed by atoms with E-state index in [9.17, 15) is 9.59 Å². The van der Waals surface area contributed by atoms with Gasteiger partial charge in [0.25, 0.3) is 0 Å². The van der Waals surface area contributed by atoms with Gasteiger partial charge in [-0.15, -0.1) is 0 Å². The lowest BCUT2D eigenvalue weighted by Gasteiger charge is -2.27. The summed E-state index contributed by atoms with van der Waals surface area (Å²) in [7, 11) is 3.45. The van der Waals surface area contributed by atoms with E-state index in [0.717, 1.165) is 29.8 Å². The van der Waals surface area contributed by atoms with Crippen LogP contribution < -0.4 is 15.0 Å². The van der Waals surface area contributed by atoms with Gasteiger partial charge < -0.3 is 19.9 Å². The normalized spacial score (nSPS) is 25.7. The van der Waals surface area contributed by atoms with Crippen molar-refractivity contribution in [2.45, 2.75) is 50.0 Å². The van der Waals surface area contributed by atoms with Gasteiger partial charge in [-0.05, 0) is 43.0 Å². The molecule has 4 rings (SSSR count). The van der Waals surface area contributed by atoms with E-state index in [2.05, 4.69) is 5.32 Å². The second-order valence-corrected chi connectivity index (χ2v) is 7.79. The molecule has 1 atom stereocenters. The number of likely N-dealkylation sites (N-methyl/N-ethyl adjacent to an activating group) is 1. The number of rotatable bonds is 2. The molecule has 2 fully saturated rings.